The molecule has 0 aliphatic heterocycles. The smallest absolute Gasteiger partial charge is 0.191 e. The summed E-state index contributed by atoms with van der Waals surface area (Å²) in [6.45, 7) is 5.60. The van der Waals surface area contributed by atoms with Crippen molar-refractivity contribution in [2.45, 2.75) is 19.4 Å². The van der Waals surface area contributed by atoms with Crippen molar-refractivity contribution in [3.63, 3.8) is 0 Å². The Kier molecular flexibility index (Phi) is 9.28. The number of aromatic nitrogens is 1. The minimum atomic E-state index is -1.15. The zero-order valence-electron chi connectivity index (χ0n) is 14.4. The fraction of sp³-hybridized carbons (Fsp3) is 0.412. The highest BCUT2D eigenvalue weighted by Crippen LogP contribution is 2.20. The van der Waals surface area contributed by atoms with Crippen molar-refractivity contribution in [2.24, 2.45) is 4.99 Å². The molecule has 0 aromatic carbocycles. The molecule has 1 unspecified atom stereocenters. The normalized spacial score (nSPS) is 13.5. The summed E-state index contributed by atoms with van der Waals surface area (Å²) in [6.07, 6.45) is 4.90. The number of hydrogen-bond donors (Lipinski definition) is 3. The lowest BCUT2D eigenvalue weighted by Gasteiger charge is -2.19. The van der Waals surface area contributed by atoms with Gasteiger partial charge in [0, 0.05) is 12.7 Å². The summed E-state index contributed by atoms with van der Waals surface area (Å²) in [6, 6.07) is 7.15. The average Bonchev–Trinajstić information content (AvgIpc) is 3.13. The predicted octanol–water partition coefficient (Wildman–Crippen LogP) is 2.13. The topological polar surface area (TPSA) is 91.9 Å². The summed E-state index contributed by atoms with van der Waals surface area (Å²) in [5.41, 5.74) is -1.15. The number of nitrogens with zero attached hydrogens (tertiary/aromatic N) is 2. The third-order valence-corrected chi connectivity index (χ3v) is 3.24. The van der Waals surface area contributed by atoms with Crippen LogP contribution in [0.3, 0.4) is 0 Å². The van der Waals surface area contributed by atoms with Gasteiger partial charge in [-0.3, -0.25) is 4.98 Å². The maximum absolute atomic E-state index is 10.4. The Balaban J connectivity index is 0.00000312. The Bertz CT molecular complexity index is 618. The Morgan fingerprint density at radius 3 is 2.84 bits per heavy atom. The highest BCUT2D eigenvalue weighted by atomic mass is 127. The molecular weight excluding hydrogens is 435 g/mol. The van der Waals surface area contributed by atoms with Gasteiger partial charge < -0.3 is 24.9 Å². The van der Waals surface area contributed by atoms with Crippen LogP contribution in [-0.2, 0) is 5.60 Å². The second-order valence-electron chi connectivity index (χ2n) is 5.41. The monoisotopic (exact) mass is 460 g/mol. The van der Waals surface area contributed by atoms with Crippen LogP contribution in [0.25, 0.3) is 0 Å². The van der Waals surface area contributed by atoms with E-state index in [-0.39, 0.29) is 30.5 Å². The van der Waals surface area contributed by atoms with Gasteiger partial charge >= 0.3 is 0 Å². The maximum Gasteiger partial charge on any atom is 0.191 e. The van der Waals surface area contributed by atoms with Crippen LogP contribution < -0.4 is 15.4 Å². The van der Waals surface area contributed by atoms with E-state index < -0.39 is 5.60 Å². The largest absolute Gasteiger partial charge is 0.490 e. The lowest BCUT2D eigenvalue weighted by atomic mass is 10.0. The quantitative estimate of drug-likeness (QED) is 0.242. The fourth-order valence-corrected chi connectivity index (χ4v) is 2.01. The van der Waals surface area contributed by atoms with Gasteiger partial charge in [-0.25, -0.2) is 4.99 Å². The van der Waals surface area contributed by atoms with Gasteiger partial charge in [-0.1, -0.05) is 0 Å². The molecule has 0 fully saturated rings. The minimum absolute atomic E-state index is 0. The Hall–Kier alpha value is -1.81. The summed E-state index contributed by atoms with van der Waals surface area (Å²) < 4.78 is 10.8. The zero-order valence-corrected chi connectivity index (χ0v) is 16.8. The maximum atomic E-state index is 10.4. The van der Waals surface area contributed by atoms with Crippen molar-refractivity contribution in [3.8, 4) is 5.75 Å². The molecule has 3 N–H and O–H groups in total. The standard InChI is InChI=1S/C17H24N4O3.HI/c1-3-19-16(20-9-11-23-14-6-4-8-18-12-14)21-13-17(2,22)15-7-5-10-24-15;/h4-8,10,12,22H,3,9,11,13H2,1-2H3,(H2,19,20,21);1H. The molecule has 0 amide bonds. The first-order valence-electron chi connectivity index (χ1n) is 7.93. The number of aliphatic hydroxyl groups is 1. The number of furan rings is 1. The molecule has 0 aliphatic rings. The second-order valence-corrected chi connectivity index (χ2v) is 5.41. The van der Waals surface area contributed by atoms with Crippen LogP contribution in [0.1, 0.15) is 19.6 Å². The highest BCUT2D eigenvalue weighted by molar-refractivity contribution is 14.0. The molecule has 2 rings (SSSR count). The first kappa shape index (κ1) is 21.2. The molecular formula is C17H25IN4O3. The summed E-state index contributed by atoms with van der Waals surface area (Å²) >= 11 is 0. The van der Waals surface area contributed by atoms with Crippen molar-refractivity contribution >= 4 is 29.9 Å². The number of aliphatic imine (C=N–C) groups is 1. The van der Waals surface area contributed by atoms with E-state index in [4.69, 9.17) is 9.15 Å². The highest BCUT2D eigenvalue weighted by Gasteiger charge is 2.25. The fourth-order valence-electron chi connectivity index (χ4n) is 2.01. The molecule has 0 radical (unpaired) electrons. The molecule has 0 saturated heterocycles. The molecule has 0 spiro atoms. The Labute approximate surface area is 164 Å². The van der Waals surface area contributed by atoms with Crippen molar-refractivity contribution < 1.29 is 14.3 Å². The Morgan fingerprint density at radius 1 is 1.36 bits per heavy atom. The molecule has 0 aliphatic carbocycles. The molecule has 0 bridgehead atoms. The molecule has 7 nitrogen and oxygen atoms in total. The van der Waals surface area contributed by atoms with Crippen molar-refractivity contribution in [3.05, 3.63) is 48.7 Å². The molecule has 0 saturated carbocycles. The summed E-state index contributed by atoms with van der Waals surface area (Å²) in [5.74, 6) is 1.82. The van der Waals surface area contributed by atoms with Gasteiger partial charge in [0.15, 0.2) is 5.96 Å². The summed E-state index contributed by atoms with van der Waals surface area (Å²) in [4.78, 5) is 8.39. The molecule has 138 valence electrons. The van der Waals surface area contributed by atoms with E-state index in [1.54, 1.807) is 31.5 Å². The van der Waals surface area contributed by atoms with Crippen LogP contribution >= 0.6 is 24.0 Å². The van der Waals surface area contributed by atoms with Crippen LogP contribution in [0.15, 0.2) is 52.3 Å². The van der Waals surface area contributed by atoms with E-state index in [0.29, 0.717) is 24.9 Å². The summed E-state index contributed by atoms with van der Waals surface area (Å²) in [7, 11) is 0. The van der Waals surface area contributed by atoms with E-state index in [1.165, 1.54) is 6.26 Å². The summed E-state index contributed by atoms with van der Waals surface area (Å²) in [5, 5.41) is 16.7. The number of halogens is 1. The van der Waals surface area contributed by atoms with Crippen LogP contribution in [0.4, 0.5) is 0 Å². The Morgan fingerprint density at radius 2 is 2.20 bits per heavy atom. The SMILES string of the molecule is CCNC(=NCC(C)(O)c1ccco1)NCCOc1cccnc1.I. The number of hydrogen-bond acceptors (Lipinski definition) is 5. The third kappa shape index (κ3) is 7.30. The second kappa shape index (κ2) is 10.9. The van der Waals surface area contributed by atoms with Gasteiger partial charge in [0.25, 0.3) is 0 Å². The molecule has 8 heteroatoms. The van der Waals surface area contributed by atoms with Gasteiger partial charge in [-0.2, -0.15) is 0 Å². The van der Waals surface area contributed by atoms with Gasteiger partial charge in [-0.05, 0) is 38.1 Å². The van der Waals surface area contributed by atoms with Gasteiger partial charge in [0.1, 0.15) is 23.7 Å². The van der Waals surface area contributed by atoms with Crippen molar-refractivity contribution in [1.82, 2.24) is 15.6 Å². The lowest BCUT2D eigenvalue weighted by molar-refractivity contribution is 0.0437. The first-order chi connectivity index (χ1) is 11.6. The van der Waals surface area contributed by atoms with Gasteiger partial charge in [0.05, 0.1) is 25.5 Å². The van der Waals surface area contributed by atoms with Crippen LogP contribution in [-0.4, -0.2) is 42.3 Å². The molecule has 2 heterocycles. The molecule has 2 aromatic rings. The van der Waals surface area contributed by atoms with E-state index in [1.807, 2.05) is 19.1 Å². The van der Waals surface area contributed by atoms with Gasteiger partial charge in [0.2, 0.25) is 0 Å². The lowest BCUT2D eigenvalue weighted by Crippen LogP contribution is -2.40. The number of ether oxygens (including phenoxy) is 1. The minimum Gasteiger partial charge on any atom is -0.490 e. The average molecular weight is 460 g/mol. The van der Waals surface area contributed by atoms with E-state index in [9.17, 15) is 5.11 Å². The van der Waals surface area contributed by atoms with E-state index in [2.05, 4.69) is 20.6 Å². The molecule has 25 heavy (non-hydrogen) atoms. The van der Waals surface area contributed by atoms with E-state index >= 15 is 0 Å². The van der Waals surface area contributed by atoms with Crippen molar-refractivity contribution in [1.29, 1.82) is 0 Å². The zero-order chi connectivity index (χ0) is 17.3. The number of pyridine rings is 1. The first-order valence-corrected chi connectivity index (χ1v) is 7.93. The molecule has 2 aromatic heterocycles. The number of nitrogens with one attached hydrogen (secondary N) is 2. The molecule has 1 atom stereocenters. The number of guanidine groups is 1. The predicted molar refractivity (Wildman–Crippen MR) is 107 cm³/mol. The number of rotatable bonds is 8. The van der Waals surface area contributed by atoms with E-state index in [0.717, 1.165) is 12.3 Å². The van der Waals surface area contributed by atoms with Gasteiger partial charge in [-0.15, -0.1) is 24.0 Å². The third-order valence-electron chi connectivity index (χ3n) is 3.24. The van der Waals surface area contributed by atoms with Crippen LogP contribution in [0, 0.1) is 0 Å². The van der Waals surface area contributed by atoms with Crippen molar-refractivity contribution in [2.75, 3.05) is 26.2 Å². The van der Waals surface area contributed by atoms with Crippen LogP contribution in [0.2, 0.25) is 0 Å². The van der Waals surface area contributed by atoms with Crippen LogP contribution in [0.5, 0.6) is 5.75 Å².